The van der Waals surface area contributed by atoms with Crippen LogP contribution >= 0.6 is 0 Å². The van der Waals surface area contributed by atoms with Crippen molar-refractivity contribution in [1.29, 1.82) is 0 Å². The average Bonchev–Trinajstić information content (AvgIpc) is 2.82. The van der Waals surface area contributed by atoms with Gasteiger partial charge in [-0.05, 0) is 18.6 Å². The first-order valence-electron chi connectivity index (χ1n) is 5.91. The molecule has 6 nitrogen and oxygen atoms in total. The Labute approximate surface area is 105 Å². The Bertz CT molecular complexity index is 461. The van der Waals surface area contributed by atoms with Gasteiger partial charge in [-0.1, -0.05) is 6.07 Å². The number of pyridine rings is 1. The smallest absolute Gasteiger partial charge is 0.270 e. The fourth-order valence-electron chi connectivity index (χ4n) is 1.84. The van der Waals surface area contributed by atoms with Crippen molar-refractivity contribution in [2.75, 3.05) is 18.9 Å². The predicted octanol–water partition coefficient (Wildman–Crippen LogP) is 0.132. The molecule has 96 valence electrons. The van der Waals surface area contributed by atoms with E-state index < -0.39 is 0 Å². The number of rotatable bonds is 4. The normalized spacial score (nSPS) is 18.3. The van der Waals surface area contributed by atoms with Crippen molar-refractivity contribution >= 4 is 17.6 Å². The Balaban J connectivity index is 1.89. The third-order valence-electron chi connectivity index (χ3n) is 2.83. The molecule has 0 spiro atoms. The Morgan fingerprint density at radius 3 is 3.06 bits per heavy atom. The third-order valence-corrected chi connectivity index (χ3v) is 2.83. The Morgan fingerprint density at radius 2 is 2.39 bits per heavy atom. The van der Waals surface area contributed by atoms with Crippen LogP contribution in [0.2, 0.25) is 0 Å². The van der Waals surface area contributed by atoms with E-state index in [0.29, 0.717) is 24.5 Å². The summed E-state index contributed by atoms with van der Waals surface area (Å²) in [6.07, 6.45) is 1.30. The molecule has 0 saturated carbocycles. The highest BCUT2D eigenvalue weighted by Gasteiger charge is 2.21. The lowest BCUT2D eigenvalue weighted by Gasteiger charge is -2.11. The SMILES string of the molecule is CNc1cccc(C(=O)NCC2CCC(=O)N2)n1. The monoisotopic (exact) mass is 248 g/mol. The van der Waals surface area contributed by atoms with Gasteiger partial charge >= 0.3 is 0 Å². The van der Waals surface area contributed by atoms with Crippen molar-refractivity contribution in [3.63, 3.8) is 0 Å². The number of nitrogens with zero attached hydrogens (tertiary/aromatic N) is 1. The van der Waals surface area contributed by atoms with Gasteiger partial charge in [-0.15, -0.1) is 0 Å². The fraction of sp³-hybridized carbons (Fsp3) is 0.417. The van der Waals surface area contributed by atoms with E-state index in [4.69, 9.17) is 0 Å². The summed E-state index contributed by atoms with van der Waals surface area (Å²) in [5.41, 5.74) is 0.367. The molecule has 0 aliphatic carbocycles. The molecule has 3 N–H and O–H groups in total. The van der Waals surface area contributed by atoms with Gasteiger partial charge in [-0.3, -0.25) is 9.59 Å². The maximum Gasteiger partial charge on any atom is 0.270 e. The lowest BCUT2D eigenvalue weighted by Crippen LogP contribution is -2.38. The van der Waals surface area contributed by atoms with Crippen LogP contribution in [-0.4, -0.2) is 36.4 Å². The molecule has 0 aromatic carbocycles. The third kappa shape index (κ3) is 2.97. The van der Waals surface area contributed by atoms with E-state index in [-0.39, 0.29) is 17.9 Å². The van der Waals surface area contributed by atoms with Gasteiger partial charge in [0.1, 0.15) is 11.5 Å². The summed E-state index contributed by atoms with van der Waals surface area (Å²) in [5.74, 6) is 0.467. The highest BCUT2D eigenvalue weighted by atomic mass is 16.2. The first-order valence-corrected chi connectivity index (χ1v) is 5.91. The molecule has 1 saturated heterocycles. The zero-order valence-corrected chi connectivity index (χ0v) is 10.2. The topological polar surface area (TPSA) is 83.1 Å². The lowest BCUT2D eigenvalue weighted by molar-refractivity contribution is -0.119. The number of amides is 2. The molecule has 1 aliphatic heterocycles. The number of anilines is 1. The molecule has 2 amide bonds. The van der Waals surface area contributed by atoms with Crippen LogP contribution in [0.4, 0.5) is 5.82 Å². The highest BCUT2D eigenvalue weighted by Crippen LogP contribution is 2.06. The second-order valence-electron chi connectivity index (χ2n) is 4.17. The maximum absolute atomic E-state index is 11.8. The molecule has 0 bridgehead atoms. The average molecular weight is 248 g/mol. The van der Waals surface area contributed by atoms with E-state index >= 15 is 0 Å². The van der Waals surface area contributed by atoms with E-state index in [2.05, 4.69) is 20.9 Å². The van der Waals surface area contributed by atoms with Crippen LogP contribution in [0.5, 0.6) is 0 Å². The molecule has 1 unspecified atom stereocenters. The molecule has 18 heavy (non-hydrogen) atoms. The second kappa shape index (κ2) is 5.48. The largest absolute Gasteiger partial charge is 0.373 e. The van der Waals surface area contributed by atoms with Crippen molar-refractivity contribution in [3.05, 3.63) is 23.9 Å². The minimum atomic E-state index is -0.228. The Hall–Kier alpha value is -2.11. The van der Waals surface area contributed by atoms with Crippen LogP contribution in [0.1, 0.15) is 23.3 Å². The second-order valence-corrected chi connectivity index (χ2v) is 4.17. The number of carbonyl (C=O) groups excluding carboxylic acids is 2. The van der Waals surface area contributed by atoms with Gasteiger partial charge in [0.25, 0.3) is 5.91 Å². The van der Waals surface area contributed by atoms with Gasteiger partial charge in [0, 0.05) is 26.1 Å². The quantitative estimate of drug-likeness (QED) is 0.707. The van der Waals surface area contributed by atoms with Gasteiger partial charge in [0.2, 0.25) is 5.91 Å². The summed E-state index contributed by atoms with van der Waals surface area (Å²) in [7, 11) is 1.75. The molecule has 1 fully saturated rings. The van der Waals surface area contributed by atoms with E-state index in [1.54, 1.807) is 25.2 Å². The summed E-state index contributed by atoms with van der Waals surface area (Å²) < 4.78 is 0. The van der Waals surface area contributed by atoms with Crippen molar-refractivity contribution < 1.29 is 9.59 Å². The number of carbonyl (C=O) groups is 2. The molecule has 1 aliphatic rings. The van der Waals surface area contributed by atoms with Crippen LogP contribution in [0, 0.1) is 0 Å². The van der Waals surface area contributed by atoms with Gasteiger partial charge in [-0.2, -0.15) is 0 Å². The molecule has 1 aromatic rings. The first-order chi connectivity index (χ1) is 8.69. The summed E-state index contributed by atoms with van der Waals surface area (Å²) in [5, 5.41) is 8.44. The van der Waals surface area contributed by atoms with Gasteiger partial charge < -0.3 is 16.0 Å². The van der Waals surface area contributed by atoms with Crippen LogP contribution in [-0.2, 0) is 4.79 Å². The van der Waals surface area contributed by atoms with E-state index in [9.17, 15) is 9.59 Å². The van der Waals surface area contributed by atoms with Crippen LogP contribution < -0.4 is 16.0 Å². The molecule has 0 radical (unpaired) electrons. The molecule has 2 rings (SSSR count). The van der Waals surface area contributed by atoms with Crippen molar-refractivity contribution in [2.45, 2.75) is 18.9 Å². The summed E-state index contributed by atoms with van der Waals surface area (Å²) in [6.45, 7) is 0.441. The predicted molar refractivity (Wildman–Crippen MR) is 67.3 cm³/mol. The van der Waals surface area contributed by atoms with E-state index in [0.717, 1.165) is 6.42 Å². The van der Waals surface area contributed by atoms with Crippen molar-refractivity contribution in [3.8, 4) is 0 Å². The van der Waals surface area contributed by atoms with Crippen molar-refractivity contribution in [1.82, 2.24) is 15.6 Å². The number of hydrogen-bond acceptors (Lipinski definition) is 4. The number of hydrogen-bond donors (Lipinski definition) is 3. The van der Waals surface area contributed by atoms with Crippen molar-refractivity contribution in [2.24, 2.45) is 0 Å². The van der Waals surface area contributed by atoms with Gasteiger partial charge in [-0.25, -0.2) is 4.98 Å². The molecule has 2 heterocycles. The Morgan fingerprint density at radius 1 is 1.56 bits per heavy atom. The summed E-state index contributed by atoms with van der Waals surface area (Å²) in [4.78, 5) is 27.0. The molecular formula is C12H16N4O2. The van der Waals surface area contributed by atoms with Crippen LogP contribution in [0.15, 0.2) is 18.2 Å². The maximum atomic E-state index is 11.8. The minimum Gasteiger partial charge on any atom is -0.373 e. The van der Waals surface area contributed by atoms with E-state index in [1.807, 2.05) is 0 Å². The molecule has 6 heteroatoms. The minimum absolute atomic E-state index is 0.0360. The standard InChI is InChI=1S/C12H16N4O2/c1-13-10-4-2-3-9(16-10)12(18)14-7-8-5-6-11(17)15-8/h2-4,8H,5-7H2,1H3,(H,13,16)(H,14,18)(H,15,17). The lowest BCUT2D eigenvalue weighted by atomic mass is 10.2. The number of nitrogens with one attached hydrogen (secondary N) is 3. The van der Waals surface area contributed by atoms with Gasteiger partial charge in [0.15, 0.2) is 0 Å². The number of aromatic nitrogens is 1. The fourth-order valence-corrected chi connectivity index (χ4v) is 1.84. The van der Waals surface area contributed by atoms with Gasteiger partial charge in [0.05, 0.1) is 0 Å². The zero-order chi connectivity index (χ0) is 13.0. The molecule has 1 atom stereocenters. The summed E-state index contributed by atoms with van der Waals surface area (Å²) in [6, 6.07) is 5.25. The first kappa shape index (κ1) is 12.3. The Kier molecular flexibility index (Phi) is 3.76. The van der Waals surface area contributed by atoms with Crippen LogP contribution in [0.3, 0.4) is 0 Å². The summed E-state index contributed by atoms with van der Waals surface area (Å²) >= 11 is 0. The highest BCUT2D eigenvalue weighted by molar-refractivity contribution is 5.92. The molecular weight excluding hydrogens is 232 g/mol. The van der Waals surface area contributed by atoms with Crippen LogP contribution in [0.25, 0.3) is 0 Å². The zero-order valence-electron chi connectivity index (χ0n) is 10.2. The van der Waals surface area contributed by atoms with E-state index in [1.165, 1.54) is 0 Å². The molecule has 1 aromatic heterocycles.